The van der Waals surface area contributed by atoms with Crippen molar-refractivity contribution >= 4 is 17.7 Å². The van der Waals surface area contributed by atoms with Crippen LogP contribution in [0.2, 0.25) is 0 Å². The third-order valence-corrected chi connectivity index (χ3v) is 5.57. The van der Waals surface area contributed by atoms with Gasteiger partial charge in [0, 0.05) is 45.2 Å². The van der Waals surface area contributed by atoms with E-state index in [0.29, 0.717) is 45.1 Å². The average Bonchev–Trinajstić information content (AvgIpc) is 3.15. The van der Waals surface area contributed by atoms with Crippen molar-refractivity contribution in [3.63, 3.8) is 0 Å². The number of benzene rings is 1. The topological polar surface area (TPSA) is 79.4 Å². The van der Waals surface area contributed by atoms with E-state index in [-0.39, 0.29) is 42.7 Å². The van der Waals surface area contributed by atoms with E-state index in [1.807, 2.05) is 32.9 Å². The smallest absolute Gasteiger partial charge is 0.260 e. The molecule has 0 aromatic heterocycles. The Labute approximate surface area is 177 Å². The number of hydrogen-bond acceptors (Lipinski definition) is 5. The molecule has 2 aliphatic heterocycles. The Kier molecular flexibility index (Phi) is 7.18. The Morgan fingerprint density at radius 2 is 1.57 bits per heavy atom. The van der Waals surface area contributed by atoms with Gasteiger partial charge in [-0.3, -0.25) is 14.4 Å². The summed E-state index contributed by atoms with van der Waals surface area (Å²) in [5, 5.41) is 0. The number of nitrogens with zero attached hydrogens (tertiary/aromatic N) is 3. The fraction of sp³-hybridized carbons (Fsp3) is 0.591. The second-order valence-corrected chi connectivity index (χ2v) is 7.94. The van der Waals surface area contributed by atoms with Crippen LogP contribution in [0.15, 0.2) is 24.3 Å². The van der Waals surface area contributed by atoms with Crippen LogP contribution in [0.3, 0.4) is 0 Å². The van der Waals surface area contributed by atoms with Gasteiger partial charge in [-0.1, -0.05) is 0 Å². The quantitative estimate of drug-likeness (QED) is 0.670. The Bertz CT molecular complexity index is 757. The first kappa shape index (κ1) is 21.9. The monoisotopic (exact) mass is 417 g/mol. The predicted octanol–water partition coefficient (Wildman–Crippen LogP) is 1.39. The molecule has 1 atom stereocenters. The number of piperazine rings is 1. The molecule has 0 aliphatic carbocycles. The lowest BCUT2D eigenvalue weighted by atomic mass is 10.1. The Hall–Kier alpha value is -2.77. The molecule has 0 bridgehead atoms. The summed E-state index contributed by atoms with van der Waals surface area (Å²) in [4.78, 5) is 42.6. The van der Waals surface area contributed by atoms with Crippen LogP contribution in [-0.2, 0) is 14.4 Å². The molecule has 8 heteroatoms. The summed E-state index contributed by atoms with van der Waals surface area (Å²) in [7, 11) is 0. The van der Waals surface area contributed by atoms with Gasteiger partial charge in [0.2, 0.25) is 11.8 Å². The van der Waals surface area contributed by atoms with Crippen LogP contribution in [-0.4, -0.2) is 84.4 Å². The summed E-state index contributed by atoms with van der Waals surface area (Å²) in [5.74, 6) is 1.06. The van der Waals surface area contributed by atoms with E-state index in [2.05, 4.69) is 0 Å². The van der Waals surface area contributed by atoms with Gasteiger partial charge in [-0.15, -0.1) is 0 Å². The van der Waals surface area contributed by atoms with E-state index in [1.165, 1.54) is 0 Å². The number of carbonyl (C=O) groups is 3. The van der Waals surface area contributed by atoms with Gasteiger partial charge >= 0.3 is 0 Å². The summed E-state index contributed by atoms with van der Waals surface area (Å²) in [6, 6.07) is 7.28. The molecule has 3 amide bonds. The highest BCUT2D eigenvalue weighted by atomic mass is 16.5. The highest BCUT2D eigenvalue weighted by molar-refractivity contribution is 5.89. The van der Waals surface area contributed by atoms with Gasteiger partial charge in [0.05, 0.1) is 12.5 Å². The third kappa shape index (κ3) is 5.23. The molecule has 0 spiro atoms. The molecule has 2 aliphatic rings. The van der Waals surface area contributed by atoms with Crippen molar-refractivity contribution in [1.82, 2.24) is 14.7 Å². The molecule has 2 fully saturated rings. The van der Waals surface area contributed by atoms with Crippen molar-refractivity contribution < 1.29 is 23.9 Å². The van der Waals surface area contributed by atoms with Gasteiger partial charge in [-0.05, 0) is 45.0 Å². The lowest BCUT2D eigenvalue weighted by molar-refractivity contribution is -0.142. The van der Waals surface area contributed by atoms with Gasteiger partial charge in [-0.25, -0.2) is 0 Å². The molecular formula is C22H31N3O5. The number of rotatable bonds is 7. The maximum Gasteiger partial charge on any atom is 0.260 e. The molecule has 30 heavy (non-hydrogen) atoms. The largest absolute Gasteiger partial charge is 0.494 e. The normalized spacial score (nSPS) is 19.4. The van der Waals surface area contributed by atoms with Gasteiger partial charge in [-0.2, -0.15) is 0 Å². The molecule has 0 saturated carbocycles. The van der Waals surface area contributed by atoms with Gasteiger partial charge in [0.1, 0.15) is 11.5 Å². The van der Waals surface area contributed by atoms with Crippen LogP contribution in [0.25, 0.3) is 0 Å². The SMILES string of the molecule is CCOc1ccc(OCC(=O)N2CCN(C(=O)C3CC(=O)N(C(C)C)C3)CC2)cc1. The van der Waals surface area contributed by atoms with Gasteiger partial charge in [0.15, 0.2) is 6.61 Å². The first-order chi connectivity index (χ1) is 14.4. The van der Waals surface area contributed by atoms with Crippen LogP contribution in [0.1, 0.15) is 27.2 Å². The van der Waals surface area contributed by atoms with Crippen LogP contribution in [0, 0.1) is 5.92 Å². The maximum absolute atomic E-state index is 12.8. The minimum Gasteiger partial charge on any atom is -0.494 e. The summed E-state index contributed by atoms with van der Waals surface area (Å²) >= 11 is 0. The fourth-order valence-electron chi connectivity index (χ4n) is 3.87. The van der Waals surface area contributed by atoms with E-state index in [4.69, 9.17) is 9.47 Å². The number of carbonyl (C=O) groups excluding carboxylic acids is 3. The summed E-state index contributed by atoms with van der Waals surface area (Å²) in [6.45, 7) is 8.82. The second kappa shape index (κ2) is 9.82. The van der Waals surface area contributed by atoms with Crippen molar-refractivity contribution in [2.45, 2.75) is 33.2 Å². The number of ether oxygens (including phenoxy) is 2. The summed E-state index contributed by atoms with van der Waals surface area (Å²) < 4.78 is 11.0. The van der Waals surface area contributed by atoms with Crippen LogP contribution >= 0.6 is 0 Å². The molecule has 1 unspecified atom stereocenters. The van der Waals surface area contributed by atoms with E-state index in [0.717, 1.165) is 5.75 Å². The molecular weight excluding hydrogens is 386 g/mol. The van der Waals surface area contributed by atoms with Crippen LogP contribution in [0.4, 0.5) is 0 Å². The first-order valence-electron chi connectivity index (χ1n) is 10.6. The fourth-order valence-corrected chi connectivity index (χ4v) is 3.87. The zero-order valence-electron chi connectivity index (χ0n) is 18.0. The first-order valence-corrected chi connectivity index (χ1v) is 10.6. The molecule has 164 valence electrons. The van der Waals surface area contributed by atoms with Gasteiger partial charge < -0.3 is 24.2 Å². The molecule has 3 rings (SSSR count). The molecule has 2 heterocycles. The highest BCUT2D eigenvalue weighted by Gasteiger charge is 2.38. The van der Waals surface area contributed by atoms with Crippen LogP contribution < -0.4 is 9.47 Å². The van der Waals surface area contributed by atoms with Crippen LogP contribution in [0.5, 0.6) is 11.5 Å². The predicted molar refractivity (Wildman–Crippen MR) is 111 cm³/mol. The molecule has 0 radical (unpaired) electrons. The maximum atomic E-state index is 12.8. The lowest BCUT2D eigenvalue weighted by Crippen LogP contribution is -2.53. The van der Waals surface area contributed by atoms with Crippen molar-refractivity contribution in [3.05, 3.63) is 24.3 Å². The van der Waals surface area contributed by atoms with Crippen molar-refractivity contribution in [2.24, 2.45) is 5.92 Å². The molecule has 0 N–H and O–H groups in total. The zero-order valence-corrected chi connectivity index (χ0v) is 18.0. The number of amides is 3. The second-order valence-electron chi connectivity index (χ2n) is 7.94. The summed E-state index contributed by atoms with van der Waals surface area (Å²) in [6.07, 6.45) is 0.284. The summed E-state index contributed by atoms with van der Waals surface area (Å²) in [5.41, 5.74) is 0. The average molecular weight is 418 g/mol. The standard InChI is InChI=1S/C22H31N3O5/c1-4-29-18-5-7-19(8-6-18)30-15-21(27)23-9-11-24(12-10-23)22(28)17-13-20(26)25(14-17)16(2)3/h5-8,16-17H,4,9-15H2,1-3H3. The van der Waals surface area contributed by atoms with E-state index in [1.54, 1.807) is 26.8 Å². The number of hydrogen-bond donors (Lipinski definition) is 0. The minimum atomic E-state index is -0.273. The zero-order chi connectivity index (χ0) is 21.7. The van der Waals surface area contributed by atoms with Crippen molar-refractivity contribution in [1.29, 1.82) is 0 Å². The van der Waals surface area contributed by atoms with Gasteiger partial charge in [0.25, 0.3) is 5.91 Å². The third-order valence-electron chi connectivity index (χ3n) is 5.57. The number of likely N-dealkylation sites (tertiary alicyclic amines) is 1. The van der Waals surface area contributed by atoms with E-state index in [9.17, 15) is 14.4 Å². The lowest BCUT2D eigenvalue weighted by Gasteiger charge is -2.36. The van der Waals surface area contributed by atoms with Crippen molar-refractivity contribution in [2.75, 3.05) is 45.9 Å². The Morgan fingerprint density at radius 1 is 1.00 bits per heavy atom. The highest BCUT2D eigenvalue weighted by Crippen LogP contribution is 2.23. The molecule has 8 nitrogen and oxygen atoms in total. The Morgan fingerprint density at radius 3 is 2.10 bits per heavy atom. The van der Waals surface area contributed by atoms with Crippen molar-refractivity contribution in [3.8, 4) is 11.5 Å². The Balaban J connectivity index is 1.43. The van der Waals surface area contributed by atoms with E-state index >= 15 is 0 Å². The molecule has 2 saturated heterocycles. The van der Waals surface area contributed by atoms with E-state index < -0.39 is 0 Å². The molecule has 1 aromatic rings. The minimum absolute atomic E-state index is 0.0178. The molecule has 1 aromatic carbocycles.